The molecule has 1 N–H and O–H groups in total. The van der Waals surface area contributed by atoms with Gasteiger partial charge in [-0.15, -0.1) is 0 Å². The van der Waals surface area contributed by atoms with Crippen molar-refractivity contribution in [1.29, 1.82) is 0 Å². The van der Waals surface area contributed by atoms with Gasteiger partial charge in [-0.25, -0.2) is 0 Å². The van der Waals surface area contributed by atoms with E-state index in [1.54, 1.807) is 18.2 Å². The fourth-order valence-corrected chi connectivity index (χ4v) is 3.14. The highest BCUT2D eigenvalue weighted by molar-refractivity contribution is 6.38. The lowest BCUT2D eigenvalue weighted by molar-refractivity contribution is 0.295. The molecule has 1 aliphatic rings. The lowest BCUT2D eigenvalue weighted by Gasteiger charge is -2.25. The van der Waals surface area contributed by atoms with E-state index in [0.29, 0.717) is 39.3 Å². The smallest absolute Gasteiger partial charge is 0.230 e. The molecule has 0 radical (unpaired) electrons. The number of aromatic nitrogens is 2. The first-order valence-electron chi connectivity index (χ1n) is 6.66. The van der Waals surface area contributed by atoms with Gasteiger partial charge in [-0.05, 0) is 38.4 Å². The topological polar surface area (TPSA) is 51.0 Å². The van der Waals surface area contributed by atoms with Crippen LogP contribution >= 0.6 is 23.2 Å². The van der Waals surface area contributed by atoms with Crippen molar-refractivity contribution >= 4 is 23.2 Å². The highest BCUT2D eigenvalue weighted by atomic mass is 35.5. The van der Waals surface area contributed by atoms with Gasteiger partial charge in [0.2, 0.25) is 11.7 Å². The zero-order chi connectivity index (χ0) is 14.1. The number of benzene rings is 1. The Morgan fingerprint density at radius 3 is 2.75 bits per heavy atom. The van der Waals surface area contributed by atoms with Crippen LogP contribution in [0.5, 0.6) is 0 Å². The van der Waals surface area contributed by atoms with Crippen molar-refractivity contribution in [2.24, 2.45) is 0 Å². The zero-order valence-electron chi connectivity index (χ0n) is 11.1. The van der Waals surface area contributed by atoms with Crippen molar-refractivity contribution in [1.82, 2.24) is 15.5 Å². The summed E-state index contributed by atoms with van der Waals surface area (Å²) in [5.41, 5.74) is 0.632. The first-order valence-corrected chi connectivity index (χ1v) is 7.42. The quantitative estimate of drug-likeness (QED) is 0.914. The number of rotatable bonds is 2. The molecule has 2 atom stereocenters. The molecule has 6 heteroatoms. The second kappa shape index (κ2) is 5.72. The third kappa shape index (κ3) is 2.68. The molecule has 0 spiro atoms. The standard InChI is InChI=1S/C14H15Cl2N3O/c1-8-7-9(5-6-17-8)14-18-13(19-20-14)12-10(15)3-2-4-11(12)16/h2-4,8-9,17H,5-7H2,1H3/t8-,9-/m0/s1. The van der Waals surface area contributed by atoms with E-state index in [1.807, 2.05) is 0 Å². The molecule has 0 unspecified atom stereocenters. The van der Waals surface area contributed by atoms with Gasteiger partial charge in [-0.2, -0.15) is 4.98 Å². The maximum absolute atomic E-state index is 6.17. The molecular formula is C14H15Cl2N3O. The van der Waals surface area contributed by atoms with Crippen LogP contribution in [0.2, 0.25) is 10.0 Å². The summed E-state index contributed by atoms with van der Waals surface area (Å²) in [6.07, 6.45) is 2.00. The summed E-state index contributed by atoms with van der Waals surface area (Å²) in [6, 6.07) is 5.80. The molecule has 1 aromatic carbocycles. The number of nitrogens with zero attached hydrogens (tertiary/aromatic N) is 2. The van der Waals surface area contributed by atoms with Crippen LogP contribution < -0.4 is 5.32 Å². The number of nitrogens with one attached hydrogen (secondary N) is 1. The van der Waals surface area contributed by atoms with Crippen LogP contribution in [0, 0.1) is 0 Å². The molecule has 106 valence electrons. The summed E-state index contributed by atoms with van der Waals surface area (Å²) >= 11 is 12.3. The molecule has 2 heterocycles. The van der Waals surface area contributed by atoms with Crippen molar-refractivity contribution in [2.75, 3.05) is 6.54 Å². The Hall–Kier alpha value is -1.10. The van der Waals surface area contributed by atoms with E-state index in [1.165, 1.54) is 0 Å². The van der Waals surface area contributed by atoms with Crippen LogP contribution in [0.1, 0.15) is 31.6 Å². The minimum absolute atomic E-state index is 0.300. The van der Waals surface area contributed by atoms with E-state index in [4.69, 9.17) is 27.7 Å². The Morgan fingerprint density at radius 1 is 1.30 bits per heavy atom. The average molecular weight is 312 g/mol. The molecule has 4 nitrogen and oxygen atoms in total. The molecule has 1 saturated heterocycles. The van der Waals surface area contributed by atoms with Gasteiger partial charge in [0.05, 0.1) is 15.6 Å². The lowest BCUT2D eigenvalue weighted by Crippen LogP contribution is -2.34. The molecule has 3 rings (SSSR count). The maximum Gasteiger partial charge on any atom is 0.230 e. The number of hydrogen-bond donors (Lipinski definition) is 1. The summed E-state index contributed by atoms with van der Waals surface area (Å²) in [5, 5.41) is 8.50. The molecular weight excluding hydrogens is 297 g/mol. The van der Waals surface area contributed by atoms with Crippen LogP contribution in [-0.4, -0.2) is 22.7 Å². The molecule has 20 heavy (non-hydrogen) atoms. The third-order valence-corrected chi connectivity index (χ3v) is 4.23. The Morgan fingerprint density at radius 2 is 2.05 bits per heavy atom. The Labute approximate surface area is 127 Å². The number of halogens is 2. The van der Waals surface area contributed by atoms with Gasteiger partial charge in [-0.3, -0.25) is 0 Å². The van der Waals surface area contributed by atoms with E-state index in [-0.39, 0.29) is 0 Å². The Kier molecular flexibility index (Phi) is 3.96. The Balaban J connectivity index is 1.90. The predicted octanol–water partition coefficient (Wildman–Crippen LogP) is 3.90. The average Bonchev–Trinajstić information content (AvgIpc) is 2.88. The maximum atomic E-state index is 6.17. The fourth-order valence-electron chi connectivity index (χ4n) is 2.57. The first kappa shape index (κ1) is 13.9. The van der Waals surface area contributed by atoms with Gasteiger partial charge in [0.15, 0.2) is 0 Å². The minimum Gasteiger partial charge on any atom is -0.339 e. The van der Waals surface area contributed by atoms with E-state index < -0.39 is 0 Å². The predicted molar refractivity (Wildman–Crippen MR) is 79.2 cm³/mol. The van der Waals surface area contributed by atoms with Gasteiger partial charge in [0, 0.05) is 12.0 Å². The highest BCUT2D eigenvalue weighted by Crippen LogP contribution is 2.34. The van der Waals surface area contributed by atoms with Gasteiger partial charge < -0.3 is 9.84 Å². The second-order valence-electron chi connectivity index (χ2n) is 5.13. The number of piperidine rings is 1. The summed E-state index contributed by atoms with van der Waals surface area (Å²) in [7, 11) is 0. The van der Waals surface area contributed by atoms with E-state index >= 15 is 0 Å². The van der Waals surface area contributed by atoms with Crippen LogP contribution in [0.25, 0.3) is 11.4 Å². The molecule has 0 aliphatic carbocycles. The summed E-state index contributed by atoms with van der Waals surface area (Å²) in [5.74, 6) is 1.43. The largest absolute Gasteiger partial charge is 0.339 e. The second-order valence-corrected chi connectivity index (χ2v) is 5.94. The van der Waals surface area contributed by atoms with Crippen LogP contribution in [0.3, 0.4) is 0 Å². The molecule has 1 fully saturated rings. The molecule has 0 bridgehead atoms. The fraction of sp³-hybridized carbons (Fsp3) is 0.429. The molecule has 0 saturated carbocycles. The van der Waals surface area contributed by atoms with Crippen molar-refractivity contribution in [3.05, 3.63) is 34.1 Å². The van der Waals surface area contributed by atoms with Crippen molar-refractivity contribution in [3.8, 4) is 11.4 Å². The molecule has 2 aromatic rings. The normalized spacial score (nSPS) is 22.9. The van der Waals surface area contributed by atoms with Gasteiger partial charge in [-0.1, -0.05) is 34.4 Å². The lowest BCUT2D eigenvalue weighted by atomic mass is 9.93. The SMILES string of the molecule is C[C@H]1C[C@@H](c2nc(-c3c(Cl)cccc3Cl)no2)CCN1. The van der Waals surface area contributed by atoms with E-state index in [0.717, 1.165) is 19.4 Å². The Bertz CT molecular complexity index is 594. The van der Waals surface area contributed by atoms with Crippen molar-refractivity contribution < 1.29 is 4.52 Å². The summed E-state index contributed by atoms with van der Waals surface area (Å²) < 4.78 is 5.41. The third-order valence-electron chi connectivity index (χ3n) is 3.60. The monoisotopic (exact) mass is 311 g/mol. The van der Waals surface area contributed by atoms with Crippen molar-refractivity contribution in [2.45, 2.75) is 31.7 Å². The molecule has 0 amide bonds. The van der Waals surface area contributed by atoms with E-state index in [9.17, 15) is 0 Å². The molecule has 1 aromatic heterocycles. The van der Waals surface area contributed by atoms with Crippen LogP contribution in [0.4, 0.5) is 0 Å². The van der Waals surface area contributed by atoms with Crippen LogP contribution in [-0.2, 0) is 0 Å². The summed E-state index contributed by atoms with van der Waals surface area (Å²) in [6.45, 7) is 3.13. The van der Waals surface area contributed by atoms with Gasteiger partial charge in [0.1, 0.15) is 0 Å². The summed E-state index contributed by atoms with van der Waals surface area (Å²) in [4.78, 5) is 4.49. The number of hydrogen-bond acceptors (Lipinski definition) is 4. The highest BCUT2D eigenvalue weighted by Gasteiger charge is 2.26. The van der Waals surface area contributed by atoms with E-state index in [2.05, 4.69) is 22.4 Å². The first-order chi connectivity index (χ1) is 9.65. The van der Waals surface area contributed by atoms with Crippen molar-refractivity contribution in [3.63, 3.8) is 0 Å². The van der Waals surface area contributed by atoms with Crippen LogP contribution in [0.15, 0.2) is 22.7 Å². The van der Waals surface area contributed by atoms with Gasteiger partial charge >= 0.3 is 0 Å². The van der Waals surface area contributed by atoms with Gasteiger partial charge in [0.25, 0.3) is 0 Å². The minimum atomic E-state index is 0.300. The zero-order valence-corrected chi connectivity index (χ0v) is 12.6. The molecule has 1 aliphatic heterocycles.